The molecule has 1 heterocycles. The van der Waals surface area contributed by atoms with Gasteiger partial charge in [0.15, 0.2) is 0 Å². The molecular formula is C10H13F2N3O2. The third-order valence-electron chi connectivity index (χ3n) is 2.30. The number of hydrogen-bond acceptors (Lipinski definition) is 5. The van der Waals surface area contributed by atoms with Gasteiger partial charge in [0, 0.05) is 12.1 Å². The van der Waals surface area contributed by atoms with Crippen LogP contribution in [0.3, 0.4) is 0 Å². The quantitative estimate of drug-likeness (QED) is 0.765. The van der Waals surface area contributed by atoms with Gasteiger partial charge in [-0.1, -0.05) is 0 Å². The van der Waals surface area contributed by atoms with Crippen molar-refractivity contribution >= 4 is 11.7 Å². The summed E-state index contributed by atoms with van der Waals surface area (Å²) in [5.74, 6) is -0.644. The molecular weight excluding hydrogens is 232 g/mol. The first kappa shape index (κ1) is 13.3. The summed E-state index contributed by atoms with van der Waals surface area (Å²) < 4.78 is 30.2. The molecule has 1 aromatic heterocycles. The SMILES string of the molecule is COC(=O)Cc1c(CN)ncc(N)c1C(F)F. The Morgan fingerprint density at radius 2 is 2.24 bits per heavy atom. The van der Waals surface area contributed by atoms with E-state index in [9.17, 15) is 13.6 Å². The van der Waals surface area contributed by atoms with Crippen molar-refractivity contribution < 1.29 is 18.3 Å². The number of pyridine rings is 1. The maximum absolute atomic E-state index is 12.9. The van der Waals surface area contributed by atoms with E-state index >= 15 is 0 Å². The van der Waals surface area contributed by atoms with E-state index in [0.29, 0.717) is 0 Å². The first-order chi connectivity index (χ1) is 8.01. The Morgan fingerprint density at radius 1 is 1.59 bits per heavy atom. The summed E-state index contributed by atoms with van der Waals surface area (Å²) in [5, 5.41) is 0. The van der Waals surface area contributed by atoms with Crippen molar-refractivity contribution in [2.45, 2.75) is 19.4 Å². The van der Waals surface area contributed by atoms with Crippen molar-refractivity contribution in [1.82, 2.24) is 4.98 Å². The number of esters is 1. The lowest BCUT2D eigenvalue weighted by molar-refractivity contribution is -0.139. The van der Waals surface area contributed by atoms with Gasteiger partial charge in [-0.05, 0) is 5.56 Å². The van der Waals surface area contributed by atoms with E-state index in [0.717, 1.165) is 6.20 Å². The molecule has 0 fully saturated rings. The summed E-state index contributed by atoms with van der Waals surface area (Å²) in [7, 11) is 1.17. The second-order valence-electron chi connectivity index (χ2n) is 3.31. The largest absolute Gasteiger partial charge is 0.469 e. The van der Waals surface area contributed by atoms with E-state index in [2.05, 4.69) is 9.72 Å². The van der Waals surface area contributed by atoms with Crippen molar-refractivity contribution in [1.29, 1.82) is 0 Å². The van der Waals surface area contributed by atoms with E-state index in [1.807, 2.05) is 0 Å². The molecule has 0 saturated heterocycles. The molecule has 7 heteroatoms. The van der Waals surface area contributed by atoms with Gasteiger partial charge in [0.1, 0.15) is 0 Å². The molecule has 0 aromatic carbocycles. The van der Waals surface area contributed by atoms with Gasteiger partial charge in [-0.3, -0.25) is 9.78 Å². The van der Waals surface area contributed by atoms with Crippen LogP contribution in [0.2, 0.25) is 0 Å². The molecule has 1 aromatic rings. The smallest absolute Gasteiger partial charge is 0.310 e. The summed E-state index contributed by atoms with van der Waals surface area (Å²) in [5.41, 5.74) is 10.5. The van der Waals surface area contributed by atoms with Crippen molar-refractivity contribution in [2.75, 3.05) is 12.8 Å². The first-order valence-electron chi connectivity index (χ1n) is 4.82. The van der Waals surface area contributed by atoms with Gasteiger partial charge >= 0.3 is 5.97 Å². The van der Waals surface area contributed by atoms with E-state index in [-0.39, 0.29) is 29.9 Å². The van der Waals surface area contributed by atoms with Gasteiger partial charge in [0.2, 0.25) is 0 Å². The van der Waals surface area contributed by atoms with Crippen LogP contribution in [0.4, 0.5) is 14.5 Å². The highest BCUT2D eigenvalue weighted by Crippen LogP contribution is 2.30. The number of hydrogen-bond donors (Lipinski definition) is 2. The van der Waals surface area contributed by atoms with E-state index in [1.165, 1.54) is 7.11 Å². The molecule has 17 heavy (non-hydrogen) atoms. The Hall–Kier alpha value is -1.76. The fourth-order valence-electron chi connectivity index (χ4n) is 1.47. The molecule has 0 aliphatic carbocycles. The second-order valence-corrected chi connectivity index (χ2v) is 3.31. The number of nitrogens with zero attached hydrogens (tertiary/aromatic N) is 1. The molecule has 0 unspecified atom stereocenters. The minimum atomic E-state index is -2.79. The van der Waals surface area contributed by atoms with Crippen molar-refractivity contribution in [3.8, 4) is 0 Å². The van der Waals surface area contributed by atoms with Crippen LogP contribution in [0, 0.1) is 0 Å². The number of methoxy groups -OCH3 is 1. The molecule has 0 amide bonds. The summed E-state index contributed by atoms with van der Waals surface area (Å²) in [6, 6.07) is 0. The van der Waals surface area contributed by atoms with Crippen LogP contribution in [0.1, 0.15) is 23.2 Å². The van der Waals surface area contributed by atoms with Crippen LogP contribution < -0.4 is 11.5 Å². The van der Waals surface area contributed by atoms with Crippen LogP contribution in [0.15, 0.2) is 6.20 Å². The average molecular weight is 245 g/mol. The zero-order valence-electron chi connectivity index (χ0n) is 9.24. The predicted octanol–water partition coefficient (Wildman–Crippen LogP) is 0.776. The third-order valence-corrected chi connectivity index (χ3v) is 2.30. The van der Waals surface area contributed by atoms with Gasteiger partial charge in [0.25, 0.3) is 6.43 Å². The van der Waals surface area contributed by atoms with Crippen molar-refractivity contribution in [3.05, 3.63) is 23.0 Å². The maximum atomic E-state index is 12.9. The topological polar surface area (TPSA) is 91.2 Å². The number of ether oxygens (including phenoxy) is 1. The predicted molar refractivity (Wildman–Crippen MR) is 57.2 cm³/mol. The van der Waals surface area contributed by atoms with Gasteiger partial charge in [0.05, 0.1) is 31.1 Å². The number of halogens is 2. The molecule has 94 valence electrons. The zero-order chi connectivity index (χ0) is 13.0. The van der Waals surface area contributed by atoms with Gasteiger partial charge < -0.3 is 16.2 Å². The first-order valence-corrected chi connectivity index (χ1v) is 4.82. The number of carbonyl (C=O) groups excluding carboxylic acids is 1. The minimum Gasteiger partial charge on any atom is -0.469 e. The van der Waals surface area contributed by atoms with E-state index < -0.39 is 18.0 Å². The highest BCUT2D eigenvalue weighted by atomic mass is 19.3. The Morgan fingerprint density at radius 3 is 2.71 bits per heavy atom. The number of nitrogens with two attached hydrogens (primary N) is 2. The molecule has 0 aliphatic heterocycles. The summed E-state index contributed by atoms with van der Waals surface area (Å²) in [6.07, 6.45) is -1.99. The average Bonchev–Trinajstić information content (AvgIpc) is 2.28. The number of nitrogen functional groups attached to an aromatic ring is 1. The number of carbonyl (C=O) groups is 1. The van der Waals surface area contributed by atoms with Crippen molar-refractivity contribution in [2.24, 2.45) is 5.73 Å². The summed E-state index contributed by atoms with van der Waals surface area (Å²) >= 11 is 0. The minimum absolute atomic E-state index is 0.0493. The fourth-order valence-corrected chi connectivity index (χ4v) is 1.47. The van der Waals surface area contributed by atoms with E-state index in [4.69, 9.17) is 11.5 Å². The molecule has 0 aliphatic rings. The maximum Gasteiger partial charge on any atom is 0.310 e. The lowest BCUT2D eigenvalue weighted by Crippen LogP contribution is -2.15. The van der Waals surface area contributed by atoms with Gasteiger partial charge in [-0.15, -0.1) is 0 Å². The van der Waals surface area contributed by atoms with Crippen molar-refractivity contribution in [3.63, 3.8) is 0 Å². The molecule has 0 radical (unpaired) electrons. The van der Waals surface area contributed by atoms with Gasteiger partial charge in [-0.25, -0.2) is 8.78 Å². The number of aromatic nitrogens is 1. The molecule has 0 spiro atoms. The molecule has 1 rings (SSSR count). The Kier molecular flexibility index (Phi) is 4.33. The van der Waals surface area contributed by atoms with Crippen LogP contribution in [0.5, 0.6) is 0 Å². The molecule has 0 atom stereocenters. The Bertz CT molecular complexity index is 424. The van der Waals surface area contributed by atoms with Gasteiger partial charge in [-0.2, -0.15) is 0 Å². The number of rotatable bonds is 4. The lowest BCUT2D eigenvalue weighted by atomic mass is 10.0. The normalized spacial score (nSPS) is 10.6. The number of alkyl halides is 2. The Labute approximate surface area is 96.8 Å². The van der Waals surface area contributed by atoms with Crippen LogP contribution in [0.25, 0.3) is 0 Å². The third kappa shape index (κ3) is 2.88. The Balaban J connectivity index is 3.29. The zero-order valence-corrected chi connectivity index (χ0v) is 9.24. The fraction of sp³-hybridized carbons (Fsp3) is 0.400. The summed E-state index contributed by atoms with van der Waals surface area (Å²) in [4.78, 5) is 15.0. The van der Waals surface area contributed by atoms with Crippen LogP contribution >= 0.6 is 0 Å². The summed E-state index contributed by atoms with van der Waals surface area (Å²) in [6.45, 7) is -0.0493. The highest BCUT2D eigenvalue weighted by molar-refractivity contribution is 5.74. The molecule has 0 bridgehead atoms. The molecule has 4 N–H and O–H groups in total. The molecule has 0 saturated carbocycles. The second kappa shape index (κ2) is 5.53. The monoisotopic (exact) mass is 245 g/mol. The lowest BCUT2D eigenvalue weighted by Gasteiger charge is -2.14. The highest BCUT2D eigenvalue weighted by Gasteiger charge is 2.22. The van der Waals surface area contributed by atoms with E-state index in [1.54, 1.807) is 0 Å². The standard InChI is InChI=1S/C10H13F2N3O2/c1-17-8(16)2-5-7(3-13)15-4-6(14)9(5)10(11)12/h4,10H,2-3,13-14H2,1H3. The molecule has 5 nitrogen and oxygen atoms in total. The number of anilines is 1. The van der Waals surface area contributed by atoms with Crippen LogP contribution in [-0.4, -0.2) is 18.1 Å². The van der Waals surface area contributed by atoms with Crippen LogP contribution in [-0.2, 0) is 22.5 Å².